The van der Waals surface area contributed by atoms with Gasteiger partial charge < -0.3 is 14.6 Å². The number of halogens is 1. The first-order chi connectivity index (χ1) is 14.8. The highest BCUT2D eigenvalue weighted by molar-refractivity contribution is 7.92. The van der Waals surface area contributed by atoms with E-state index < -0.39 is 33.8 Å². The minimum atomic E-state index is -4.11. The lowest BCUT2D eigenvalue weighted by molar-refractivity contribution is -0.138. The molecular formula is C21H23ClN2O7S. The summed E-state index contributed by atoms with van der Waals surface area (Å²) in [4.78, 5) is 23.3. The van der Waals surface area contributed by atoms with Crippen LogP contribution in [0, 0.1) is 0 Å². The smallest absolute Gasteiger partial charge is 0.412 e. The van der Waals surface area contributed by atoms with Crippen molar-refractivity contribution in [2.75, 3.05) is 16.2 Å². The summed E-state index contributed by atoms with van der Waals surface area (Å²) in [5, 5.41) is 12.0. The molecule has 0 saturated carbocycles. The van der Waals surface area contributed by atoms with Gasteiger partial charge in [0.2, 0.25) is 0 Å². The van der Waals surface area contributed by atoms with Crippen molar-refractivity contribution in [1.82, 2.24) is 0 Å². The maximum absolute atomic E-state index is 13.4. The first kappa shape index (κ1) is 23.7. The Hall–Kier alpha value is -2.98. The number of carbonyl (C=O) groups excluding carboxylic acids is 1. The van der Waals surface area contributed by atoms with Crippen molar-refractivity contribution in [2.45, 2.75) is 43.8 Å². The summed E-state index contributed by atoms with van der Waals surface area (Å²) in [6.45, 7) is 4.92. The largest absolute Gasteiger partial charge is 0.486 e. The molecule has 1 aliphatic rings. The van der Waals surface area contributed by atoms with E-state index in [9.17, 15) is 18.0 Å². The number of nitrogens with one attached hydrogen (secondary N) is 1. The van der Waals surface area contributed by atoms with Crippen LogP contribution in [0.1, 0.15) is 27.2 Å². The molecule has 2 aromatic carbocycles. The minimum absolute atomic E-state index is 0.0579. The standard InChI is InChI=1S/C21H23ClN2O7S/c1-21(2,3)31-20(27)23-14-7-8-18-17(10-14)24(12-15(30-18)11-19(25)26)32(28,29)16-6-4-5-13(22)9-16/h4-10,15H,11-12H2,1-3H3,(H,23,27)(H,25,26)/t15-/m0/s1. The van der Waals surface area contributed by atoms with E-state index in [1.165, 1.54) is 36.4 Å². The predicted molar refractivity (Wildman–Crippen MR) is 119 cm³/mol. The van der Waals surface area contributed by atoms with Crippen LogP contribution in [0.3, 0.4) is 0 Å². The zero-order valence-corrected chi connectivity index (χ0v) is 19.2. The minimum Gasteiger partial charge on any atom is -0.486 e. The van der Waals surface area contributed by atoms with Gasteiger partial charge in [-0.3, -0.25) is 14.4 Å². The van der Waals surface area contributed by atoms with Gasteiger partial charge >= 0.3 is 12.1 Å². The van der Waals surface area contributed by atoms with E-state index in [1.807, 2.05) is 0 Å². The summed E-state index contributed by atoms with van der Waals surface area (Å²) in [5.41, 5.74) is -0.280. The van der Waals surface area contributed by atoms with Crippen LogP contribution in [0.5, 0.6) is 5.75 Å². The molecule has 0 aromatic heterocycles. The molecule has 32 heavy (non-hydrogen) atoms. The van der Waals surface area contributed by atoms with E-state index in [2.05, 4.69) is 5.32 Å². The number of nitrogens with zero attached hydrogens (tertiary/aromatic N) is 1. The van der Waals surface area contributed by atoms with E-state index >= 15 is 0 Å². The number of amides is 1. The molecule has 0 saturated heterocycles. The molecule has 11 heteroatoms. The summed E-state index contributed by atoms with van der Waals surface area (Å²) in [5.74, 6) is -0.954. The quantitative estimate of drug-likeness (QED) is 0.657. The highest BCUT2D eigenvalue weighted by Gasteiger charge is 2.36. The summed E-state index contributed by atoms with van der Waals surface area (Å²) in [6, 6.07) is 10.2. The van der Waals surface area contributed by atoms with Crippen LogP contribution in [0.15, 0.2) is 47.4 Å². The molecule has 0 aliphatic carbocycles. The normalized spacial score (nSPS) is 16.0. The number of ether oxygens (including phenoxy) is 2. The van der Waals surface area contributed by atoms with Gasteiger partial charge in [-0.2, -0.15) is 0 Å². The number of sulfonamides is 1. The Kier molecular flexibility index (Phi) is 6.56. The van der Waals surface area contributed by atoms with Crippen LogP contribution >= 0.6 is 11.6 Å². The highest BCUT2D eigenvalue weighted by atomic mass is 35.5. The fourth-order valence-corrected chi connectivity index (χ4v) is 4.89. The van der Waals surface area contributed by atoms with Crippen molar-refractivity contribution in [3.8, 4) is 5.75 Å². The van der Waals surface area contributed by atoms with Crippen LogP contribution in [0.25, 0.3) is 0 Å². The molecule has 9 nitrogen and oxygen atoms in total. The summed E-state index contributed by atoms with van der Waals surface area (Å²) in [7, 11) is -4.11. The summed E-state index contributed by atoms with van der Waals surface area (Å²) in [6.07, 6.45) is -2.00. The topological polar surface area (TPSA) is 122 Å². The van der Waals surface area contributed by atoms with Crippen LogP contribution < -0.4 is 14.4 Å². The van der Waals surface area contributed by atoms with Gasteiger partial charge in [-0.25, -0.2) is 13.2 Å². The SMILES string of the molecule is CC(C)(C)OC(=O)Nc1ccc2c(c1)N(S(=O)(=O)c1cccc(Cl)c1)C[C@H](CC(=O)O)O2. The molecule has 1 amide bonds. The van der Waals surface area contributed by atoms with Gasteiger partial charge in [0, 0.05) is 10.7 Å². The van der Waals surface area contributed by atoms with Crippen molar-refractivity contribution < 1.29 is 32.6 Å². The van der Waals surface area contributed by atoms with E-state index in [-0.39, 0.29) is 40.0 Å². The first-order valence-electron chi connectivity index (χ1n) is 9.66. The molecule has 1 heterocycles. The number of aliphatic carboxylic acids is 1. The molecule has 0 bridgehead atoms. The van der Waals surface area contributed by atoms with Crippen molar-refractivity contribution in [2.24, 2.45) is 0 Å². The average Bonchev–Trinajstić information content (AvgIpc) is 2.65. The first-order valence-corrected chi connectivity index (χ1v) is 11.5. The Morgan fingerprint density at radius 3 is 2.59 bits per heavy atom. The van der Waals surface area contributed by atoms with Crippen molar-refractivity contribution in [3.05, 3.63) is 47.5 Å². The third-order valence-corrected chi connectivity index (χ3v) is 6.33. The molecule has 0 fully saturated rings. The fourth-order valence-electron chi connectivity index (χ4n) is 3.09. The molecule has 172 valence electrons. The Labute approximate surface area is 190 Å². The van der Waals surface area contributed by atoms with E-state index in [1.54, 1.807) is 26.8 Å². The number of anilines is 2. The zero-order valence-electron chi connectivity index (χ0n) is 17.7. The lowest BCUT2D eigenvalue weighted by Gasteiger charge is -2.35. The van der Waals surface area contributed by atoms with Crippen LogP contribution in [-0.2, 0) is 19.6 Å². The molecule has 2 aromatic rings. The van der Waals surface area contributed by atoms with Gasteiger partial charge in [0.25, 0.3) is 10.0 Å². The monoisotopic (exact) mass is 482 g/mol. The van der Waals surface area contributed by atoms with Crippen LogP contribution in [-0.4, -0.2) is 43.8 Å². The number of hydrogen-bond acceptors (Lipinski definition) is 6. The molecule has 0 unspecified atom stereocenters. The Morgan fingerprint density at radius 2 is 1.97 bits per heavy atom. The maximum atomic E-state index is 13.4. The van der Waals surface area contributed by atoms with E-state index in [4.69, 9.17) is 26.2 Å². The number of hydrogen-bond donors (Lipinski definition) is 2. The second-order valence-corrected chi connectivity index (χ2v) is 10.4. The van der Waals surface area contributed by atoms with Crippen molar-refractivity contribution >= 4 is 45.1 Å². The lowest BCUT2D eigenvalue weighted by Crippen LogP contribution is -2.44. The molecule has 1 aliphatic heterocycles. The van der Waals surface area contributed by atoms with E-state index in [0.29, 0.717) is 0 Å². The van der Waals surface area contributed by atoms with Crippen molar-refractivity contribution in [3.63, 3.8) is 0 Å². The molecule has 1 atom stereocenters. The lowest BCUT2D eigenvalue weighted by atomic mass is 10.1. The number of carboxylic acid groups (broad SMARTS) is 1. The van der Waals surface area contributed by atoms with Gasteiger partial charge in [0.05, 0.1) is 23.5 Å². The second-order valence-electron chi connectivity index (χ2n) is 8.14. The summed E-state index contributed by atoms with van der Waals surface area (Å²) < 4.78 is 38.8. The van der Waals surface area contributed by atoms with Crippen molar-refractivity contribution in [1.29, 1.82) is 0 Å². The second kappa shape index (κ2) is 8.87. The molecule has 2 N–H and O–H groups in total. The number of benzene rings is 2. The van der Waals surface area contributed by atoms with Crippen LogP contribution in [0.2, 0.25) is 5.02 Å². The zero-order chi connectivity index (χ0) is 23.7. The number of carbonyl (C=O) groups is 2. The number of fused-ring (bicyclic) bond motifs is 1. The molecule has 0 radical (unpaired) electrons. The van der Waals surface area contributed by atoms with Gasteiger partial charge in [0.1, 0.15) is 17.5 Å². The summed E-state index contributed by atoms with van der Waals surface area (Å²) >= 11 is 5.98. The third kappa shape index (κ3) is 5.63. The predicted octanol–water partition coefficient (Wildman–Crippen LogP) is 4.12. The van der Waals surface area contributed by atoms with Gasteiger partial charge in [-0.1, -0.05) is 17.7 Å². The highest BCUT2D eigenvalue weighted by Crippen LogP contribution is 2.39. The Morgan fingerprint density at radius 1 is 1.25 bits per heavy atom. The Balaban J connectivity index is 2.01. The maximum Gasteiger partial charge on any atom is 0.412 e. The van der Waals surface area contributed by atoms with Gasteiger partial charge in [0.15, 0.2) is 0 Å². The average molecular weight is 483 g/mol. The van der Waals surface area contributed by atoms with Gasteiger partial charge in [-0.15, -0.1) is 0 Å². The molecule has 0 spiro atoms. The van der Waals surface area contributed by atoms with E-state index in [0.717, 1.165) is 4.31 Å². The fraction of sp³-hybridized carbons (Fsp3) is 0.333. The third-order valence-electron chi connectivity index (χ3n) is 4.32. The number of carboxylic acids is 1. The molecular weight excluding hydrogens is 460 g/mol. The van der Waals surface area contributed by atoms with Gasteiger partial charge in [-0.05, 0) is 57.2 Å². The van der Waals surface area contributed by atoms with Crippen LogP contribution in [0.4, 0.5) is 16.2 Å². The Bertz CT molecular complexity index is 1150. The number of rotatable bonds is 5. The molecule has 3 rings (SSSR count).